The Balaban J connectivity index is 1.42. The highest BCUT2D eigenvalue weighted by Crippen LogP contribution is 2.32. The van der Waals surface area contributed by atoms with Gasteiger partial charge >= 0.3 is 17.9 Å². The molecule has 0 fully saturated rings. The van der Waals surface area contributed by atoms with Gasteiger partial charge in [-0.2, -0.15) is 4.39 Å². The van der Waals surface area contributed by atoms with Gasteiger partial charge in [0, 0.05) is 17.2 Å². The average molecular weight is 575 g/mol. The van der Waals surface area contributed by atoms with Gasteiger partial charge in [0.25, 0.3) is 0 Å². The third-order valence-corrected chi connectivity index (χ3v) is 5.81. The maximum atomic E-state index is 14.9. The third kappa shape index (κ3) is 7.16. The van der Waals surface area contributed by atoms with Gasteiger partial charge in [-0.15, -0.1) is 0 Å². The second-order valence-corrected chi connectivity index (χ2v) is 8.78. The minimum Gasteiger partial charge on any atom is -0.457 e. The Kier molecular flexibility index (Phi) is 9.28. The molecule has 0 aromatic heterocycles. The molecule has 0 saturated carbocycles. The summed E-state index contributed by atoms with van der Waals surface area (Å²) in [5.74, 6) is -4.04. The number of esters is 3. The summed E-state index contributed by atoms with van der Waals surface area (Å²) in [6.07, 6.45) is 1.02. The van der Waals surface area contributed by atoms with Crippen molar-refractivity contribution in [3.63, 3.8) is 0 Å². The number of benzene rings is 4. The largest absolute Gasteiger partial charge is 0.457 e. The molecule has 42 heavy (non-hydrogen) atoms. The summed E-state index contributed by atoms with van der Waals surface area (Å²) < 4.78 is 54.8. The van der Waals surface area contributed by atoms with Gasteiger partial charge in [-0.05, 0) is 77.9 Å². The van der Waals surface area contributed by atoms with Gasteiger partial charge < -0.3 is 23.7 Å². The van der Waals surface area contributed by atoms with Crippen molar-refractivity contribution in [3.8, 4) is 28.4 Å². The van der Waals surface area contributed by atoms with Gasteiger partial charge in [-0.1, -0.05) is 31.4 Å². The first-order chi connectivity index (χ1) is 20.2. The molecular formula is C32H24F2O8. The van der Waals surface area contributed by atoms with Crippen LogP contribution in [0.25, 0.3) is 21.9 Å². The van der Waals surface area contributed by atoms with E-state index in [2.05, 4.69) is 13.2 Å². The highest BCUT2D eigenvalue weighted by molar-refractivity contribution is 5.97. The van der Waals surface area contributed by atoms with Crippen molar-refractivity contribution in [2.45, 2.75) is 6.92 Å². The van der Waals surface area contributed by atoms with E-state index in [4.69, 9.17) is 23.7 Å². The number of carbonyl (C=O) groups is 3. The van der Waals surface area contributed by atoms with Crippen LogP contribution in [0.1, 0.15) is 17.3 Å². The number of halogens is 2. The van der Waals surface area contributed by atoms with Crippen molar-refractivity contribution < 1.29 is 46.8 Å². The predicted molar refractivity (Wildman–Crippen MR) is 149 cm³/mol. The molecule has 0 radical (unpaired) electrons. The lowest BCUT2D eigenvalue weighted by atomic mass is 9.99. The quantitative estimate of drug-likeness (QED) is 0.0864. The van der Waals surface area contributed by atoms with Crippen LogP contribution >= 0.6 is 0 Å². The van der Waals surface area contributed by atoms with E-state index in [1.54, 1.807) is 48.5 Å². The fraction of sp³-hybridized carbons (Fsp3) is 0.0938. The summed E-state index contributed by atoms with van der Waals surface area (Å²) in [6.45, 7) is 7.26. The van der Waals surface area contributed by atoms with Crippen molar-refractivity contribution in [1.29, 1.82) is 0 Å². The number of rotatable bonds is 11. The molecule has 0 N–H and O–H groups in total. The first-order valence-electron chi connectivity index (χ1n) is 12.4. The van der Waals surface area contributed by atoms with Crippen molar-refractivity contribution in [2.75, 3.05) is 13.6 Å². The molecule has 4 aromatic carbocycles. The van der Waals surface area contributed by atoms with E-state index < -0.39 is 42.1 Å². The molecule has 0 saturated heterocycles. The highest BCUT2D eigenvalue weighted by Gasteiger charge is 2.17. The minimum atomic E-state index is -1.23. The van der Waals surface area contributed by atoms with Crippen LogP contribution in [-0.2, 0) is 19.1 Å². The molecule has 8 nitrogen and oxygen atoms in total. The lowest BCUT2D eigenvalue weighted by Crippen LogP contribution is -2.11. The van der Waals surface area contributed by atoms with Crippen molar-refractivity contribution in [1.82, 2.24) is 0 Å². The number of fused-ring (bicyclic) bond motifs is 1. The second-order valence-electron chi connectivity index (χ2n) is 8.78. The van der Waals surface area contributed by atoms with Crippen LogP contribution in [0.15, 0.2) is 97.6 Å². The molecule has 0 aliphatic carbocycles. The molecule has 0 spiro atoms. The maximum Gasteiger partial charge on any atom is 0.343 e. The predicted octanol–water partition coefficient (Wildman–Crippen LogP) is 6.53. The zero-order valence-electron chi connectivity index (χ0n) is 22.4. The number of ether oxygens (including phenoxy) is 5. The summed E-state index contributed by atoms with van der Waals surface area (Å²) in [4.78, 5) is 35.2. The molecule has 0 amide bonds. The number of hydrogen-bond donors (Lipinski definition) is 0. The number of carbonyl (C=O) groups excluding carboxylic acids is 3. The smallest absolute Gasteiger partial charge is 0.343 e. The Morgan fingerprint density at radius 2 is 1.45 bits per heavy atom. The van der Waals surface area contributed by atoms with Gasteiger partial charge in [0.2, 0.25) is 19.4 Å². The molecule has 0 aliphatic heterocycles. The Labute approximate surface area is 239 Å². The molecule has 4 aromatic rings. The first-order valence-corrected chi connectivity index (χ1v) is 12.4. The average Bonchev–Trinajstić information content (AvgIpc) is 2.99. The molecule has 0 unspecified atom stereocenters. The molecule has 4 rings (SSSR count). The monoisotopic (exact) mass is 574 g/mol. The Morgan fingerprint density at radius 1 is 0.786 bits per heavy atom. The summed E-state index contributed by atoms with van der Waals surface area (Å²) in [5.41, 5.74) is 0.814. The molecular weight excluding hydrogens is 550 g/mol. The molecule has 10 heteroatoms. The van der Waals surface area contributed by atoms with Crippen LogP contribution in [0, 0.1) is 11.6 Å². The van der Waals surface area contributed by atoms with E-state index in [9.17, 15) is 23.2 Å². The Hall–Kier alpha value is -5.51. The van der Waals surface area contributed by atoms with Crippen molar-refractivity contribution >= 4 is 28.7 Å². The van der Waals surface area contributed by atoms with E-state index in [-0.39, 0.29) is 29.2 Å². The highest BCUT2D eigenvalue weighted by atomic mass is 19.2. The number of hydrogen-bond acceptors (Lipinski definition) is 8. The van der Waals surface area contributed by atoms with E-state index in [1.165, 1.54) is 31.2 Å². The standard InChI is InChI=1S/C32H24F2O8/c1-4-28(35)40-17-38-24-9-11-25(12-10-24)42-32(37)23-8-6-20-15-22(7-5-21(20)16-23)26-13-14-27(30(34)29(26)33)39-18-41-31(36)19(2)3/h4-16H,1-2,17-18H2,3H3. The van der Waals surface area contributed by atoms with Crippen LogP contribution in [0.3, 0.4) is 0 Å². The van der Waals surface area contributed by atoms with E-state index in [1.807, 2.05) is 0 Å². The zero-order chi connectivity index (χ0) is 30.2. The van der Waals surface area contributed by atoms with E-state index in [0.717, 1.165) is 6.08 Å². The minimum absolute atomic E-state index is 0.00420. The summed E-state index contributed by atoms with van der Waals surface area (Å²) in [7, 11) is 0. The molecule has 0 aliphatic rings. The Bertz CT molecular complexity index is 1680. The zero-order valence-corrected chi connectivity index (χ0v) is 22.4. The fourth-order valence-electron chi connectivity index (χ4n) is 3.66. The van der Waals surface area contributed by atoms with Crippen molar-refractivity contribution in [2.24, 2.45) is 0 Å². The van der Waals surface area contributed by atoms with E-state index in [0.29, 0.717) is 22.1 Å². The summed E-state index contributed by atoms with van der Waals surface area (Å²) in [6, 6.07) is 18.5. The second kappa shape index (κ2) is 13.2. The van der Waals surface area contributed by atoms with Gasteiger partial charge in [0.1, 0.15) is 11.5 Å². The van der Waals surface area contributed by atoms with Crippen LogP contribution in [-0.4, -0.2) is 31.5 Å². The van der Waals surface area contributed by atoms with Gasteiger partial charge in [0.05, 0.1) is 5.56 Å². The van der Waals surface area contributed by atoms with Gasteiger partial charge in [0.15, 0.2) is 11.6 Å². The van der Waals surface area contributed by atoms with Gasteiger partial charge in [-0.3, -0.25) is 0 Å². The topological polar surface area (TPSA) is 97.4 Å². The third-order valence-electron chi connectivity index (χ3n) is 5.81. The van der Waals surface area contributed by atoms with E-state index >= 15 is 0 Å². The SMILES string of the molecule is C=CC(=O)OCOc1ccc(OC(=O)c2ccc3cc(-c4ccc(OCOC(=O)C(=C)C)c(F)c4F)ccc3c2)cc1. The van der Waals surface area contributed by atoms with Crippen molar-refractivity contribution in [3.05, 3.63) is 115 Å². The lowest BCUT2D eigenvalue weighted by Gasteiger charge is -2.12. The summed E-state index contributed by atoms with van der Waals surface area (Å²) >= 11 is 0. The van der Waals surface area contributed by atoms with Crippen LogP contribution in [0.2, 0.25) is 0 Å². The lowest BCUT2D eigenvalue weighted by molar-refractivity contribution is -0.145. The van der Waals surface area contributed by atoms with Crippen LogP contribution < -0.4 is 14.2 Å². The molecule has 0 atom stereocenters. The fourth-order valence-corrected chi connectivity index (χ4v) is 3.66. The maximum absolute atomic E-state index is 14.9. The summed E-state index contributed by atoms with van der Waals surface area (Å²) in [5, 5.41) is 1.35. The molecule has 0 heterocycles. The molecule has 214 valence electrons. The van der Waals surface area contributed by atoms with Gasteiger partial charge in [-0.25, -0.2) is 18.8 Å². The Morgan fingerprint density at radius 3 is 2.17 bits per heavy atom. The van der Waals surface area contributed by atoms with Crippen LogP contribution in [0.4, 0.5) is 8.78 Å². The van der Waals surface area contributed by atoms with Crippen LogP contribution in [0.5, 0.6) is 17.2 Å². The normalized spacial score (nSPS) is 10.5. The first kappa shape index (κ1) is 29.5. The molecule has 0 bridgehead atoms.